The van der Waals surface area contributed by atoms with Gasteiger partial charge in [0.2, 0.25) is 0 Å². The topological polar surface area (TPSA) is 58.6 Å². The minimum Gasteiger partial charge on any atom is -0.478 e. The van der Waals surface area contributed by atoms with Crippen LogP contribution >= 0.6 is 0 Å². The highest BCUT2D eigenvalue weighted by atomic mass is 19.1. The summed E-state index contributed by atoms with van der Waals surface area (Å²) in [5, 5.41) is 12.4. The molecule has 118 valence electrons. The van der Waals surface area contributed by atoms with Crippen LogP contribution in [-0.4, -0.2) is 29.8 Å². The van der Waals surface area contributed by atoms with Crippen LogP contribution in [0.2, 0.25) is 0 Å². The number of aliphatic hydroxyl groups is 1. The van der Waals surface area contributed by atoms with Gasteiger partial charge >= 0.3 is 0 Å². The average molecular weight is 297 g/mol. The lowest BCUT2D eigenvalue weighted by atomic mass is 10.0. The van der Waals surface area contributed by atoms with E-state index in [4.69, 9.17) is 4.74 Å². The summed E-state index contributed by atoms with van der Waals surface area (Å²) in [4.78, 5) is 12.0. The molecule has 0 spiro atoms. The Hall–Kier alpha value is -1.62. The molecule has 0 saturated heterocycles. The number of para-hydroxylation sites is 1. The Kier molecular flexibility index (Phi) is 7.15. The zero-order valence-electron chi connectivity index (χ0n) is 12.8. The number of hydrogen-bond acceptors (Lipinski definition) is 3. The van der Waals surface area contributed by atoms with Gasteiger partial charge in [0.05, 0.1) is 6.10 Å². The van der Waals surface area contributed by atoms with Crippen LogP contribution in [0.4, 0.5) is 4.39 Å². The summed E-state index contributed by atoms with van der Waals surface area (Å²) in [6.45, 7) is 6.01. The summed E-state index contributed by atoms with van der Waals surface area (Å²) in [5.74, 6) is -0.559. The van der Waals surface area contributed by atoms with Crippen LogP contribution in [0.5, 0.6) is 5.75 Å². The van der Waals surface area contributed by atoms with Crippen LogP contribution in [0, 0.1) is 11.7 Å². The third kappa shape index (κ3) is 5.71. The molecule has 0 bridgehead atoms. The lowest BCUT2D eigenvalue weighted by molar-refractivity contribution is -0.128. The van der Waals surface area contributed by atoms with Gasteiger partial charge in [0.15, 0.2) is 17.7 Å². The predicted octanol–water partition coefficient (Wildman–Crippen LogP) is 2.51. The average Bonchev–Trinajstić information content (AvgIpc) is 2.46. The van der Waals surface area contributed by atoms with Crippen molar-refractivity contribution in [2.75, 3.05) is 6.54 Å². The van der Waals surface area contributed by atoms with Crippen molar-refractivity contribution in [3.05, 3.63) is 30.1 Å². The molecule has 0 radical (unpaired) electrons. The van der Waals surface area contributed by atoms with Crippen LogP contribution in [0.15, 0.2) is 24.3 Å². The molecular weight excluding hydrogens is 273 g/mol. The van der Waals surface area contributed by atoms with Gasteiger partial charge in [0.1, 0.15) is 0 Å². The Morgan fingerprint density at radius 2 is 2.05 bits per heavy atom. The third-order valence-electron chi connectivity index (χ3n) is 3.28. The van der Waals surface area contributed by atoms with Gasteiger partial charge in [0.25, 0.3) is 5.91 Å². The highest BCUT2D eigenvalue weighted by Crippen LogP contribution is 2.18. The lowest BCUT2D eigenvalue weighted by Gasteiger charge is -2.19. The van der Waals surface area contributed by atoms with Crippen LogP contribution in [-0.2, 0) is 4.79 Å². The van der Waals surface area contributed by atoms with Gasteiger partial charge in [-0.2, -0.15) is 0 Å². The SMILES string of the molecule is CCC(Oc1ccccc1F)C(=O)NCCC(O)C(C)C. The van der Waals surface area contributed by atoms with E-state index in [1.807, 2.05) is 13.8 Å². The minimum atomic E-state index is -0.738. The van der Waals surface area contributed by atoms with E-state index in [2.05, 4.69) is 5.32 Å². The number of halogens is 1. The van der Waals surface area contributed by atoms with Crippen molar-refractivity contribution < 1.29 is 19.0 Å². The van der Waals surface area contributed by atoms with Gasteiger partial charge in [-0.15, -0.1) is 0 Å². The molecule has 21 heavy (non-hydrogen) atoms. The molecule has 1 aromatic carbocycles. The van der Waals surface area contributed by atoms with Gasteiger partial charge in [-0.3, -0.25) is 4.79 Å². The fourth-order valence-electron chi connectivity index (χ4n) is 1.81. The molecule has 5 heteroatoms. The van der Waals surface area contributed by atoms with E-state index in [0.29, 0.717) is 19.4 Å². The van der Waals surface area contributed by atoms with Crippen LogP contribution in [0.3, 0.4) is 0 Å². The second-order valence-corrected chi connectivity index (χ2v) is 5.34. The Bertz CT molecular complexity index is 451. The lowest BCUT2D eigenvalue weighted by Crippen LogP contribution is -2.39. The Labute approximate surface area is 125 Å². The summed E-state index contributed by atoms with van der Waals surface area (Å²) < 4.78 is 18.9. The first-order valence-electron chi connectivity index (χ1n) is 7.32. The molecule has 1 rings (SSSR count). The summed E-state index contributed by atoms with van der Waals surface area (Å²) in [6.07, 6.45) is -0.261. The summed E-state index contributed by atoms with van der Waals surface area (Å²) in [6, 6.07) is 6.01. The molecule has 2 unspecified atom stereocenters. The molecule has 4 nitrogen and oxygen atoms in total. The largest absolute Gasteiger partial charge is 0.478 e. The number of hydrogen-bond donors (Lipinski definition) is 2. The van der Waals surface area contributed by atoms with Crippen molar-refractivity contribution in [2.45, 2.75) is 45.8 Å². The number of carbonyl (C=O) groups is 1. The maximum atomic E-state index is 13.5. The third-order valence-corrected chi connectivity index (χ3v) is 3.28. The molecule has 0 saturated carbocycles. The van der Waals surface area contributed by atoms with Crippen molar-refractivity contribution in [3.8, 4) is 5.75 Å². The summed E-state index contributed by atoms with van der Waals surface area (Å²) in [5.41, 5.74) is 0. The van der Waals surface area contributed by atoms with Gasteiger partial charge in [-0.1, -0.05) is 32.9 Å². The number of aliphatic hydroxyl groups excluding tert-OH is 1. The monoisotopic (exact) mass is 297 g/mol. The van der Waals surface area contributed by atoms with E-state index in [1.165, 1.54) is 12.1 Å². The van der Waals surface area contributed by atoms with Crippen molar-refractivity contribution in [3.63, 3.8) is 0 Å². The highest BCUT2D eigenvalue weighted by molar-refractivity contribution is 5.81. The zero-order chi connectivity index (χ0) is 15.8. The smallest absolute Gasteiger partial charge is 0.261 e. The van der Waals surface area contributed by atoms with Crippen molar-refractivity contribution in [1.29, 1.82) is 0 Å². The van der Waals surface area contributed by atoms with Crippen LogP contribution in [0.25, 0.3) is 0 Å². The first-order chi connectivity index (χ1) is 9.95. The molecule has 1 aromatic rings. The molecule has 0 fully saturated rings. The number of nitrogens with one attached hydrogen (secondary N) is 1. The standard InChI is InChI=1S/C16H24FNO3/c1-4-14(21-15-8-6-5-7-12(15)17)16(20)18-10-9-13(19)11(2)3/h5-8,11,13-14,19H,4,9-10H2,1-3H3,(H,18,20). The van der Waals surface area contributed by atoms with Crippen molar-refractivity contribution in [1.82, 2.24) is 5.32 Å². The van der Waals surface area contributed by atoms with Gasteiger partial charge in [0, 0.05) is 6.54 Å². The van der Waals surface area contributed by atoms with E-state index in [9.17, 15) is 14.3 Å². The maximum absolute atomic E-state index is 13.5. The minimum absolute atomic E-state index is 0.0710. The first kappa shape index (κ1) is 17.4. The van der Waals surface area contributed by atoms with E-state index in [1.54, 1.807) is 19.1 Å². The molecule has 2 N–H and O–H groups in total. The molecule has 0 aliphatic rings. The highest BCUT2D eigenvalue weighted by Gasteiger charge is 2.20. The fourth-order valence-corrected chi connectivity index (χ4v) is 1.81. The van der Waals surface area contributed by atoms with Gasteiger partial charge < -0.3 is 15.2 Å². The van der Waals surface area contributed by atoms with E-state index >= 15 is 0 Å². The van der Waals surface area contributed by atoms with Gasteiger partial charge in [-0.25, -0.2) is 4.39 Å². The number of benzene rings is 1. The zero-order valence-corrected chi connectivity index (χ0v) is 12.8. The number of amides is 1. The summed E-state index contributed by atoms with van der Waals surface area (Å²) >= 11 is 0. The Balaban J connectivity index is 2.48. The molecule has 1 amide bonds. The second-order valence-electron chi connectivity index (χ2n) is 5.34. The van der Waals surface area contributed by atoms with E-state index in [0.717, 1.165) is 0 Å². The Morgan fingerprint density at radius 3 is 2.62 bits per heavy atom. The number of rotatable bonds is 8. The maximum Gasteiger partial charge on any atom is 0.261 e. The quantitative estimate of drug-likeness (QED) is 0.775. The second kappa shape index (κ2) is 8.62. The molecular formula is C16H24FNO3. The number of carbonyl (C=O) groups excluding carboxylic acids is 1. The molecule has 0 heterocycles. The fraction of sp³-hybridized carbons (Fsp3) is 0.562. The van der Waals surface area contributed by atoms with Crippen LogP contribution < -0.4 is 10.1 Å². The van der Waals surface area contributed by atoms with E-state index < -0.39 is 18.0 Å². The van der Waals surface area contributed by atoms with E-state index in [-0.39, 0.29) is 17.6 Å². The molecule has 0 aliphatic heterocycles. The van der Waals surface area contributed by atoms with Crippen LogP contribution in [0.1, 0.15) is 33.6 Å². The van der Waals surface area contributed by atoms with Gasteiger partial charge in [-0.05, 0) is 30.9 Å². The molecule has 0 aromatic heterocycles. The van der Waals surface area contributed by atoms with Crippen molar-refractivity contribution >= 4 is 5.91 Å². The molecule has 2 atom stereocenters. The number of ether oxygens (including phenoxy) is 1. The molecule has 0 aliphatic carbocycles. The first-order valence-corrected chi connectivity index (χ1v) is 7.32. The normalized spacial score (nSPS) is 13.8. The van der Waals surface area contributed by atoms with Crippen molar-refractivity contribution in [2.24, 2.45) is 5.92 Å². The predicted molar refractivity (Wildman–Crippen MR) is 79.6 cm³/mol. The summed E-state index contributed by atoms with van der Waals surface area (Å²) in [7, 11) is 0. The Morgan fingerprint density at radius 1 is 1.38 bits per heavy atom.